The van der Waals surface area contributed by atoms with Crippen LogP contribution in [0.25, 0.3) is 10.9 Å². The van der Waals surface area contributed by atoms with Crippen LogP contribution in [0.3, 0.4) is 0 Å². The summed E-state index contributed by atoms with van der Waals surface area (Å²) in [6, 6.07) is 7.87. The lowest BCUT2D eigenvalue weighted by Gasteiger charge is -2.04. The molecule has 1 saturated carbocycles. The highest BCUT2D eigenvalue weighted by Crippen LogP contribution is 2.62. The van der Waals surface area contributed by atoms with Gasteiger partial charge in [0.2, 0.25) is 0 Å². The van der Waals surface area contributed by atoms with Crippen LogP contribution < -0.4 is 5.32 Å². The van der Waals surface area contributed by atoms with Gasteiger partial charge < -0.3 is 5.32 Å². The van der Waals surface area contributed by atoms with Gasteiger partial charge in [0, 0.05) is 11.4 Å². The van der Waals surface area contributed by atoms with E-state index in [4.69, 9.17) is 0 Å². The van der Waals surface area contributed by atoms with Crippen molar-refractivity contribution in [2.75, 3.05) is 0 Å². The second-order valence-corrected chi connectivity index (χ2v) is 6.47. The number of carbonyl (C=O) groups is 1. The molecule has 1 aliphatic rings. The third-order valence-corrected chi connectivity index (χ3v) is 4.98. The van der Waals surface area contributed by atoms with Crippen molar-refractivity contribution in [2.24, 2.45) is 10.8 Å². The van der Waals surface area contributed by atoms with Gasteiger partial charge in [0.25, 0.3) is 5.91 Å². The standard InChI is InChI=1S/C15H19N3O/c1-14(2)13(15(14,3)4)16-12(19)11-9-7-5-6-8-10(9)17-18-11/h5-8,13H,1-4H3,(H,16,19)(H,17,18). The van der Waals surface area contributed by atoms with Gasteiger partial charge >= 0.3 is 0 Å². The van der Waals surface area contributed by atoms with Crippen molar-refractivity contribution >= 4 is 16.8 Å². The summed E-state index contributed by atoms with van der Waals surface area (Å²) in [6.07, 6.45) is 0. The minimum absolute atomic E-state index is 0.0962. The third kappa shape index (κ3) is 1.59. The number of aromatic amines is 1. The average Bonchev–Trinajstić information content (AvgIpc) is 2.73. The number of nitrogens with one attached hydrogen (secondary N) is 2. The Morgan fingerprint density at radius 2 is 1.84 bits per heavy atom. The first-order valence-corrected chi connectivity index (χ1v) is 6.59. The van der Waals surface area contributed by atoms with E-state index < -0.39 is 0 Å². The zero-order chi connectivity index (χ0) is 13.8. The second-order valence-electron chi connectivity index (χ2n) is 6.47. The van der Waals surface area contributed by atoms with E-state index in [0.717, 1.165) is 10.9 Å². The summed E-state index contributed by atoms with van der Waals surface area (Å²) < 4.78 is 0. The fraction of sp³-hybridized carbons (Fsp3) is 0.467. The molecule has 1 heterocycles. The molecular formula is C15H19N3O. The molecule has 2 aromatic rings. The zero-order valence-corrected chi connectivity index (χ0v) is 11.7. The number of fused-ring (bicyclic) bond motifs is 1. The molecule has 0 saturated heterocycles. The van der Waals surface area contributed by atoms with Gasteiger partial charge in [0.05, 0.1) is 5.52 Å². The van der Waals surface area contributed by atoms with Crippen LogP contribution in [0.4, 0.5) is 0 Å². The summed E-state index contributed by atoms with van der Waals surface area (Å²) in [6.45, 7) is 8.72. The van der Waals surface area contributed by atoms with Gasteiger partial charge in [-0.25, -0.2) is 0 Å². The number of H-pyrrole nitrogens is 1. The van der Waals surface area contributed by atoms with Crippen molar-refractivity contribution in [3.8, 4) is 0 Å². The second kappa shape index (κ2) is 3.59. The van der Waals surface area contributed by atoms with Crippen molar-refractivity contribution in [2.45, 2.75) is 33.7 Å². The van der Waals surface area contributed by atoms with Crippen LogP contribution in [0.1, 0.15) is 38.2 Å². The molecule has 1 amide bonds. The summed E-state index contributed by atoms with van der Waals surface area (Å²) in [5.41, 5.74) is 1.64. The molecule has 4 nitrogen and oxygen atoms in total. The molecule has 0 radical (unpaired) electrons. The van der Waals surface area contributed by atoms with Crippen LogP contribution >= 0.6 is 0 Å². The van der Waals surface area contributed by atoms with Crippen LogP contribution in [0.2, 0.25) is 0 Å². The maximum absolute atomic E-state index is 12.4. The molecule has 1 aromatic heterocycles. The highest BCUT2D eigenvalue weighted by Gasteiger charge is 2.65. The molecule has 1 aromatic carbocycles. The van der Waals surface area contributed by atoms with Gasteiger partial charge in [-0.1, -0.05) is 45.9 Å². The summed E-state index contributed by atoms with van der Waals surface area (Å²) in [5, 5.41) is 11.0. The van der Waals surface area contributed by atoms with Gasteiger partial charge in [-0.3, -0.25) is 9.89 Å². The highest BCUT2D eigenvalue weighted by molar-refractivity contribution is 6.04. The van der Waals surface area contributed by atoms with E-state index in [-0.39, 0.29) is 22.8 Å². The van der Waals surface area contributed by atoms with Crippen molar-refractivity contribution in [1.82, 2.24) is 15.5 Å². The highest BCUT2D eigenvalue weighted by atomic mass is 16.2. The largest absolute Gasteiger partial charge is 0.347 e. The van der Waals surface area contributed by atoms with Crippen molar-refractivity contribution in [1.29, 1.82) is 0 Å². The topological polar surface area (TPSA) is 57.8 Å². The van der Waals surface area contributed by atoms with Crippen LogP contribution in [0.15, 0.2) is 24.3 Å². The number of para-hydroxylation sites is 1. The van der Waals surface area contributed by atoms with Gasteiger partial charge in [0.15, 0.2) is 5.69 Å². The lowest BCUT2D eigenvalue weighted by Crippen LogP contribution is -2.30. The van der Waals surface area contributed by atoms with Crippen LogP contribution in [-0.4, -0.2) is 22.1 Å². The number of hydrogen-bond acceptors (Lipinski definition) is 2. The molecule has 1 fully saturated rings. The molecule has 0 bridgehead atoms. The van der Waals surface area contributed by atoms with E-state index in [0.29, 0.717) is 5.69 Å². The number of carbonyl (C=O) groups excluding carboxylic acids is 1. The number of benzene rings is 1. The van der Waals surface area contributed by atoms with Gasteiger partial charge in [-0.15, -0.1) is 0 Å². The predicted molar refractivity (Wildman–Crippen MR) is 74.9 cm³/mol. The Morgan fingerprint density at radius 1 is 1.21 bits per heavy atom. The molecule has 100 valence electrons. The van der Waals surface area contributed by atoms with Crippen molar-refractivity contribution in [3.63, 3.8) is 0 Å². The van der Waals surface area contributed by atoms with E-state index in [2.05, 4.69) is 43.2 Å². The number of rotatable bonds is 2. The molecule has 4 heteroatoms. The lowest BCUT2D eigenvalue weighted by molar-refractivity contribution is 0.0940. The fourth-order valence-electron chi connectivity index (χ4n) is 2.89. The normalized spacial score (nSPS) is 20.4. The van der Waals surface area contributed by atoms with Crippen molar-refractivity contribution < 1.29 is 4.79 Å². The van der Waals surface area contributed by atoms with E-state index >= 15 is 0 Å². The molecule has 0 aliphatic heterocycles. The predicted octanol–water partition coefficient (Wildman–Crippen LogP) is 2.73. The first kappa shape index (κ1) is 12.2. The number of aromatic nitrogens is 2. The van der Waals surface area contributed by atoms with Gasteiger partial charge in [-0.2, -0.15) is 5.10 Å². The molecule has 0 spiro atoms. The van der Waals surface area contributed by atoms with Crippen LogP contribution in [0.5, 0.6) is 0 Å². The first-order valence-electron chi connectivity index (χ1n) is 6.59. The molecule has 1 aliphatic carbocycles. The third-order valence-electron chi connectivity index (χ3n) is 4.98. The smallest absolute Gasteiger partial charge is 0.272 e. The van der Waals surface area contributed by atoms with Crippen molar-refractivity contribution in [3.05, 3.63) is 30.0 Å². The Morgan fingerprint density at radius 3 is 2.47 bits per heavy atom. The SMILES string of the molecule is CC1(C)C(NC(=O)c2n[nH]c3ccccc23)C1(C)C. The first-order chi connectivity index (χ1) is 8.85. The molecule has 0 unspecified atom stereocenters. The summed E-state index contributed by atoms with van der Waals surface area (Å²) in [4.78, 5) is 12.4. The van der Waals surface area contributed by atoms with Crippen LogP contribution in [-0.2, 0) is 0 Å². The van der Waals surface area contributed by atoms with Gasteiger partial charge in [0.1, 0.15) is 0 Å². The Balaban J connectivity index is 1.86. The summed E-state index contributed by atoms with van der Waals surface area (Å²) >= 11 is 0. The molecule has 3 rings (SSSR count). The number of nitrogens with zero attached hydrogens (tertiary/aromatic N) is 1. The van der Waals surface area contributed by atoms with Crippen LogP contribution in [0, 0.1) is 10.8 Å². The Bertz CT molecular complexity index is 640. The van der Waals surface area contributed by atoms with E-state index in [1.165, 1.54) is 0 Å². The Kier molecular flexibility index (Phi) is 2.31. The maximum Gasteiger partial charge on any atom is 0.272 e. The lowest BCUT2D eigenvalue weighted by atomic mass is 10.0. The monoisotopic (exact) mass is 257 g/mol. The Hall–Kier alpha value is -1.84. The maximum atomic E-state index is 12.4. The number of hydrogen-bond donors (Lipinski definition) is 2. The summed E-state index contributed by atoms with van der Waals surface area (Å²) in [7, 11) is 0. The molecule has 0 atom stereocenters. The quantitative estimate of drug-likeness (QED) is 0.869. The summed E-state index contributed by atoms with van der Waals surface area (Å²) in [5.74, 6) is -0.0962. The zero-order valence-electron chi connectivity index (χ0n) is 11.7. The van der Waals surface area contributed by atoms with E-state index in [1.54, 1.807) is 0 Å². The minimum atomic E-state index is -0.0962. The molecule has 19 heavy (non-hydrogen) atoms. The fourth-order valence-corrected chi connectivity index (χ4v) is 2.89. The van der Waals surface area contributed by atoms with E-state index in [1.807, 2.05) is 24.3 Å². The average molecular weight is 257 g/mol. The number of amides is 1. The molecule has 2 N–H and O–H groups in total. The minimum Gasteiger partial charge on any atom is -0.347 e. The molecular weight excluding hydrogens is 238 g/mol. The van der Waals surface area contributed by atoms with Gasteiger partial charge in [-0.05, 0) is 16.9 Å². The Labute approximate surface area is 112 Å². The van der Waals surface area contributed by atoms with E-state index in [9.17, 15) is 4.79 Å².